The fourth-order valence-corrected chi connectivity index (χ4v) is 3.77. The van der Waals surface area contributed by atoms with Gasteiger partial charge < -0.3 is 9.84 Å². The van der Waals surface area contributed by atoms with Crippen LogP contribution in [-0.2, 0) is 5.75 Å². The van der Waals surface area contributed by atoms with Gasteiger partial charge in [-0.2, -0.15) is 0 Å². The number of amides is 1. The van der Waals surface area contributed by atoms with Crippen molar-refractivity contribution in [3.05, 3.63) is 76.8 Å². The van der Waals surface area contributed by atoms with Crippen molar-refractivity contribution in [1.82, 2.24) is 15.5 Å². The summed E-state index contributed by atoms with van der Waals surface area (Å²) in [6.45, 7) is 5.78. The van der Waals surface area contributed by atoms with Crippen LogP contribution in [0, 0.1) is 13.8 Å². The van der Waals surface area contributed by atoms with Crippen molar-refractivity contribution >= 4 is 17.7 Å². The molecule has 0 saturated carbocycles. The third-order valence-corrected chi connectivity index (χ3v) is 5.23. The lowest BCUT2D eigenvalue weighted by Crippen LogP contribution is -2.27. The number of aryl methyl sites for hydroxylation is 2. The molecule has 2 heterocycles. The first-order valence-corrected chi connectivity index (χ1v) is 9.40. The highest BCUT2D eigenvalue weighted by Gasteiger charge is 2.17. The van der Waals surface area contributed by atoms with Crippen LogP contribution in [0.3, 0.4) is 0 Å². The van der Waals surface area contributed by atoms with Crippen molar-refractivity contribution in [2.75, 3.05) is 0 Å². The Morgan fingerprint density at radius 1 is 1.19 bits per heavy atom. The summed E-state index contributed by atoms with van der Waals surface area (Å²) in [6.07, 6.45) is 1.70. The first-order valence-electron chi connectivity index (χ1n) is 8.41. The fraction of sp³-hybridized carbons (Fsp3) is 0.250. The molecule has 1 amide bonds. The molecule has 0 spiro atoms. The van der Waals surface area contributed by atoms with E-state index in [0.29, 0.717) is 16.3 Å². The van der Waals surface area contributed by atoms with Gasteiger partial charge in [0, 0.05) is 17.5 Å². The van der Waals surface area contributed by atoms with Gasteiger partial charge in [-0.3, -0.25) is 4.79 Å². The Kier molecular flexibility index (Phi) is 5.73. The van der Waals surface area contributed by atoms with Gasteiger partial charge in [0.25, 0.3) is 5.91 Å². The second-order valence-corrected chi connectivity index (χ2v) is 7.02. The van der Waals surface area contributed by atoms with E-state index in [4.69, 9.17) is 4.52 Å². The van der Waals surface area contributed by atoms with Gasteiger partial charge in [0.15, 0.2) is 0 Å². The maximum absolute atomic E-state index is 12.7. The van der Waals surface area contributed by atoms with Crippen LogP contribution in [0.1, 0.15) is 45.9 Å². The molecule has 0 aliphatic rings. The van der Waals surface area contributed by atoms with Crippen LogP contribution < -0.4 is 5.32 Å². The number of carbonyl (C=O) groups is 1. The summed E-state index contributed by atoms with van der Waals surface area (Å²) in [4.78, 5) is 17.1. The predicted octanol–water partition coefficient (Wildman–Crippen LogP) is 4.47. The van der Waals surface area contributed by atoms with Crippen LogP contribution in [0.15, 0.2) is 58.2 Å². The Balaban J connectivity index is 1.73. The number of hydrogen-bond acceptors (Lipinski definition) is 5. The quantitative estimate of drug-likeness (QED) is 0.651. The van der Waals surface area contributed by atoms with Gasteiger partial charge in [0.05, 0.1) is 17.3 Å². The molecule has 0 saturated heterocycles. The maximum atomic E-state index is 12.7. The molecule has 134 valence electrons. The minimum Gasteiger partial charge on any atom is -0.361 e. The molecule has 3 aromatic rings. The van der Waals surface area contributed by atoms with Crippen molar-refractivity contribution in [1.29, 1.82) is 0 Å². The summed E-state index contributed by atoms with van der Waals surface area (Å²) in [5.41, 5.74) is 3.56. The number of aromatic nitrogens is 2. The highest BCUT2D eigenvalue weighted by Crippen LogP contribution is 2.27. The van der Waals surface area contributed by atoms with Gasteiger partial charge in [-0.25, -0.2) is 4.98 Å². The van der Waals surface area contributed by atoms with Gasteiger partial charge in [-0.1, -0.05) is 35.5 Å². The van der Waals surface area contributed by atoms with E-state index >= 15 is 0 Å². The van der Waals surface area contributed by atoms with Crippen molar-refractivity contribution in [3.63, 3.8) is 0 Å². The second kappa shape index (κ2) is 8.19. The number of pyridine rings is 1. The van der Waals surface area contributed by atoms with E-state index in [1.165, 1.54) is 11.8 Å². The number of thioether (sulfide) groups is 1. The van der Waals surface area contributed by atoms with E-state index in [1.54, 1.807) is 18.3 Å². The number of nitrogens with one attached hydrogen (secondary N) is 1. The minimum absolute atomic E-state index is 0.0793. The van der Waals surface area contributed by atoms with Crippen LogP contribution in [0.4, 0.5) is 0 Å². The summed E-state index contributed by atoms with van der Waals surface area (Å²) in [5, 5.41) is 7.72. The van der Waals surface area contributed by atoms with Gasteiger partial charge in [-0.15, -0.1) is 11.8 Å². The zero-order valence-corrected chi connectivity index (χ0v) is 15.8. The lowest BCUT2D eigenvalue weighted by atomic mass is 10.1. The molecule has 1 unspecified atom stereocenters. The van der Waals surface area contributed by atoms with Crippen LogP contribution >= 0.6 is 11.8 Å². The monoisotopic (exact) mass is 367 g/mol. The van der Waals surface area contributed by atoms with Crippen LogP contribution in [0.2, 0.25) is 0 Å². The topological polar surface area (TPSA) is 68.0 Å². The van der Waals surface area contributed by atoms with E-state index in [-0.39, 0.29) is 11.9 Å². The molecule has 0 bridgehead atoms. The lowest BCUT2D eigenvalue weighted by molar-refractivity contribution is 0.0936. The number of nitrogens with zero attached hydrogens (tertiary/aromatic N) is 2. The van der Waals surface area contributed by atoms with Gasteiger partial charge in [0.2, 0.25) is 0 Å². The molecule has 0 aliphatic carbocycles. The molecule has 3 rings (SSSR count). The largest absolute Gasteiger partial charge is 0.361 e. The van der Waals surface area contributed by atoms with Crippen LogP contribution in [0.25, 0.3) is 0 Å². The maximum Gasteiger partial charge on any atom is 0.254 e. The predicted molar refractivity (Wildman–Crippen MR) is 102 cm³/mol. The van der Waals surface area contributed by atoms with Gasteiger partial charge in [-0.05, 0) is 38.5 Å². The molecule has 0 aliphatic heterocycles. The Morgan fingerprint density at radius 2 is 1.96 bits per heavy atom. The smallest absolute Gasteiger partial charge is 0.254 e. The Labute approximate surface area is 157 Å². The van der Waals surface area contributed by atoms with E-state index in [0.717, 1.165) is 22.6 Å². The van der Waals surface area contributed by atoms with Crippen molar-refractivity contribution < 1.29 is 9.32 Å². The fourth-order valence-electron chi connectivity index (χ4n) is 2.63. The SMILES string of the molecule is Cc1noc(C)c1CSc1ncccc1C(=O)NC(C)c1ccccc1. The standard InChI is InChI=1S/C20H21N3O2S/c1-13(16-8-5-4-6-9-16)22-19(24)17-10-7-11-21-20(17)26-12-18-14(2)23-25-15(18)3/h4-11,13H,12H2,1-3H3,(H,22,24). The van der Waals surface area contributed by atoms with E-state index in [2.05, 4.69) is 15.5 Å². The summed E-state index contributed by atoms with van der Waals surface area (Å²) in [5.74, 6) is 1.33. The minimum atomic E-state index is -0.129. The average Bonchev–Trinajstić information content (AvgIpc) is 2.98. The molecule has 0 radical (unpaired) electrons. The van der Waals surface area contributed by atoms with Gasteiger partial charge in [0.1, 0.15) is 10.8 Å². The number of benzene rings is 1. The van der Waals surface area contributed by atoms with Crippen LogP contribution in [0.5, 0.6) is 0 Å². The van der Waals surface area contributed by atoms with E-state index in [9.17, 15) is 4.79 Å². The molecular formula is C20H21N3O2S. The summed E-state index contributed by atoms with van der Waals surface area (Å²) >= 11 is 1.51. The molecule has 6 heteroatoms. The molecule has 1 aromatic carbocycles. The zero-order chi connectivity index (χ0) is 18.5. The normalized spacial score (nSPS) is 12.0. The summed E-state index contributed by atoms with van der Waals surface area (Å²) in [7, 11) is 0. The zero-order valence-electron chi connectivity index (χ0n) is 15.0. The molecule has 1 N–H and O–H groups in total. The molecule has 1 atom stereocenters. The molecule has 0 fully saturated rings. The summed E-state index contributed by atoms with van der Waals surface area (Å²) in [6, 6.07) is 13.4. The molecule has 5 nitrogen and oxygen atoms in total. The average molecular weight is 367 g/mol. The lowest BCUT2D eigenvalue weighted by Gasteiger charge is -2.15. The second-order valence-electron chi connectivity index (χ2n) is 6.05. The van der Waals surface area contributed by atoms with E-state index < -0.39 is 0 Å². The molecule has 2 aromatic heterocycles. The van der Waals surface area contributed by atoms with Crippen LogP contribution in [-0.4, -0.2) is 16.0 Å². The number of carbonyl (C=O) groups excluding carboxylic acids is 1. The highest BCUT2D eigenvalue weighted by atomic mass is 32.2. The molecular weight excluding hydrogens is 346 g/mol. The first kappa shape index (κ1) is 18.2. The number of hydrogen-bond donors (Lipinski definition) is 1. The van der Waals surface area contributed by atoms with Crippen molar-refractivity contribution in [2.45, 2.75) is 37.6 Å². The number of rotatable bonds is 6. The van der Waals surface area contributed by atoms with E-state index in [1.807, 2.05) is 51.1 Å². The van der Waals surface area contributed by atoms with Gasteiger partial charge >= 0.3 is 0 Å². The molecule has 26 heavy (non-hydrogen) atoms. The highest BCUT2D eigenvalue weighted by molar-refractivity contribution is 7.98. The third kappa shape index (κ3) is 4.14. The Hall–Kier alpha value is -2.60. The first-order chi connectivity index (χ1) is 12.6. The Bertz CT molecular complexity index is 874. The Morgan fingerprint density at radius 3 is 2.65 bits per heavy atom. The summed E-state index contributed by atoms with van der Waals surface area (Å²) < 4.78 is 5.20. The third-order valence-electron chi connectivity index (χ3n) is 4.20. The van der Waals surface area contributed by atoms with Crippen molar-refractivity contribution in [3.8, 4) is 0 Å². The van der Waals surface area contributed by atoms with Crippen molar-refractivity contribution in [2.24, 2.45) is 0 Å².